The van der Waals surface area contributed by atoms with Crippen molar-refractivity contribution in [1.29, 1.82) is 0 Å². The van der Waals surface area contributed by atoms with Crippen molar-refractivity contribution in [3.8, 4) is 11.8 Å². The molecule has 4 heteroatoms. The zero-order valence-corrected chi connectivity index (χ0v) is 12.6. The Hall–Kier alpha value is -2.09. The Morgan fingerprint density at radius 3 is 2.62 bits per heavy atom. The van der Waals surface area contributed by atoms with Crippen molar-refractivity contribution in [2.75, 3.05) is 13.7 Å². The molecule has 0 aliphatic carbocycles. The summed E-state index contributed by atoms with van der Waals surface area (Å²) in [5.41, 5.74) is 4.59. The van der Waals surface area contributed by atoms with Crippen LogP contribution in [0.1, 0.15) is 28.8 Å². The molecular formula is C17H21N3O. The molecule has 0 radical (unpaired) electrons. The van der Waals surface area contributed by atoms with Crippen LogP contribution in [0.5, 0.6) is 0 Å². The predicted octanol–water partition coefficient (Wildman–Crippen LogP) is 2.08. The van der Waals surface area contributed by atoms with E-state index in [1.54, 1.807) is 0 Å². The van der Waals surface area contributed by atoms with E-state index in [4.69, 9.17) is 5.11 Å². The molecule has 0 fully saturated rings. The van der Waals surface area contributed by atoms with Gasteiger partial charge in [0.2, 0.25) is 0 Å². The van der Waals surface area contributed by atoms with Gasteiger partial charge in [0.1, 0.15) is 0 Å². The van der Waals surface area contributed by atoms with Gasteiger partial charge >= 0.3 is 0 Å². The first kappa shape index (κ1) is 15.3. The fourth-order valence-corrected chi connectivity index (χ4v) is 2.11. The van der Waals surface area contributed by atoms with Crippen molar-refractivity contribution < 1.29 is 5.11 Å². The molecule has 0 saturated heterocycles. The number of aliphatic hydroxyl groups excluding tert-OH is 1. The van der Waals surface area contributed by atoms with E-state index in [0.29, 0.717) is 6.42 Å². The first-order valence-electron chi connectivity index (χ1n) is 7.05. The number of aryl methyl sites for hydroxylation is 1. The molecule has 2 N–H and O–H groups in total. The molecule has 0 aliphatic rings. The Bertz CT molecular complexity index is 619. The Balaban J connectivity index is 1.91. The second-order valence-corrected chi connectivity index (χ2v) is 5.16. The molecular weight excluding hydrogens is 262 g/mol. The maximum absolute atomic E-state index is 8.70. The lowest BCUT2D eigenvalue weighted by Gasteiger charge is -2.16. The number of nitrogens with one attached hydrogen (secondary N) is 1. The molecule has 4 nitrogen and oxygen atoms in total. The van der Waals surface area contributed by atoms with E-state index in [9.17, 15) is 0 Å². The number of aliphatic hydroxyl groups is 1. The Morgan fingerprint density at radius 1 is 1.24 bits per heavy atom. The molecule has 0 atom stereocenters. The van der Waals surface area contributed by atoms with Crippen LogP contribution in [0.2, 0.25) is 0 Å². The summed E-state index contributed by atoms with van der Waals surface area (Å²) in [6.07, 6.45) is 2.40. The van der Waals surface area contributed by atoms with Crippen molar-refractivity contribution in [3.63, 3.8) is 0 Å². The second-order valence-electron chi connectivity index (χ2n) is 5.16. The zero-order valence-electron chi connectivity index (χ0n) is 12.6. The van der Waals surface area contributed by atoms with Gasteiger partial charge in [-0.2, -0.15) is 5.10 Å². The molecule has 1 aromatic heterocycles. The van der Waals surface area contributed by atoms with Crippen LogP contribution in [0, 0.1) is 18.8 Å². The van der Waals surface area contributed by atoms with Gasteiger partial charge in [0.25, 0.3) is 0 Å². The molecule has 1 heterocycles. The van der Waals surface area contributed by atoms with Crippen LogP contribution in [0.4, 0.5) is 0 Å². The molecule has 0 amide bonds. The lowest BCUT2D eigenvalue weighted by atomic mass is 10.1. The van der Waals surface area contributed by atoms with E-state index in [1.807, 2.05) is 25.3 Å². The molecule has 2 rings (SSSR count). The quantitative estimate of drug-likeness (QED) is 0.826. The zero-order chi connectivity index (χ0) is 15.1. The number of benzene rings is 1. The highest BCUT2D eigenvalue weighted by Gasteiger charge is 2.05. The van der Waals surface area contributed by atoms with E-state index in [-0.39, 0.29) is 6.61 Å². The monoisotopic (exact) mass is 283 g/mol. The predicted molar refractivity (Wildman–Crippen MR) is 83.5 cm³/mol. The van der Waals surface area contributed by atoms with Gasteiger partial charge in [-0.3, -0.25) is 10.00 Å². The first-order chi connectivity index (χ1) is 10.2. The molecule has 2 aromatic rings. The number of aromatic amines is 1. The van der Waals surface area contributed by atoms with Crippen LogP contribution in [-0.2, 0) is 13.1 Å². The topological polar surface area (TPSA) is 52.2 Å². The third kappa shape index (κ3) is 4.75. The normalized spacial score (nSPS) is 10.5. The number of rotatable bonds is 5. The maximum Gasteiger partial charge on any atom is 0.0540 e. The largest absolute Gasteiger partial charge is 0.395 e. The van der Waals surface area contributed by atoms with Crippen LogP contribution in [0.25, 0.3) is 0 Å². The Labute approximate surface area is 125 Å². The van der Waals surface area contributed by atoms with Gasteiger partial charge in [-0.1, -0.05) is 24.0 Å². The van der Waals surface area contributed by atoms with E-state index in [1.165, 1.54) is 11.1 Å². The van der Waals surface area contributed by atoms with E-state index in [2.05, 4.69) is 46.1 Å². The average molecular weight is 283 g/mol. The van der Waals surface area contributed by atoms with Gasteiger partial charge in [0.15, 0.2) is 0 Å². The van der Waals surface area contributed by atoms with Crippen molar-refractivity contribution in [2.45, 2.75) is 26.4 Å². The minimum absolute atomic E-state index is 0.114. The number of aromatic nitrogens is 2. The molecule has 0 aliphatic heterocycles. The fraction of sp³-hybridized carbons (Fsp3) is 0.353. The molecule has 110 valence electrons. The summed E-state index contributed by atoms with van der Waals surface area (Å²) < 4.78 is 0. The highest BCUT2D eigenvalue weighted by Crippen LogP contribution is 2.10. The van der Waals surface area contributed by atoms with Gasteiger partial charge in [-0.15, -0.1) is 0 Å². The molecule has 0 spiro atoms. The molecule has 0 saturated carbocycles. The summed E-state index contributed by atoms with van der Waals surface area (Å²) >= 11 is 0. The maximum atomic E-state index is 8.70. The number of hydrogen-bond acceptors (Lipinski definition) is 3. The third-order valence-corrected chi connectivity index (χ3v) is 3.25. The Morgan fingerprint density at radius 2 is 2.00 bits per heavy atom. The van der Waals surface area contributed by atoms with Gasteiger partial charge in [-0.05, 0) is 31.7 Å². The summed E-state index contributed by atoms with van der Waals surface area (Å²) in [6.45, 7) is 3.91. The molecule has 0 bridgehead atoms. The summed E-state index contributed by atoms with van der Waals surface area (Å²) in [4.78, 5) is 2.25. The standard InChI is InChI=1S/C17H21N3O/c1-14-17(11-18-19-14)13-20(2)12-16-8-6-15(7-9-16)5-3-4-10-21/h6-9,11,21H,4,10,12-13H2,1-2H3,(H,18,19). The highest BCUT2D eigenvalue weighted by molar-refractivity contribution is 5.36. The van der Waals surface area contributed by atoms with E-state index in [0.717, 1.165) is 24.3 Å². The average Bonchev–Trinajstić information content (AvgIpc) is 2.86. The number of nitrogens with zero attached hydrogens (tertiary/aromatic N) is 2. The van der Waals surface area contributed by atoms with E-state index >= 15 is 0 Å². The van der Waals surface area contributed by atoms with Gasteiger partial charge in [0.05, 0.1) is 12.8 Å². The van der Waals surface area contributed by atoms with Crippen LogP contribution in [-0.4, -0.2) is 33.9 Å². The Kier molecular flexibility index (Phi) is 5.56. The van der Waals surface area contributed by atoms with Crippen molar-refractivity contribution in [1.82, 2.24) is 15.1 Å². The van der Waals surface area contributed by atoms with E-state index < -0.39 is 0 Å². The lowest BCUT2D eigenvalue weighted by Crippen LogP contribution is -2.17. The lowest BCUT2D eigenvalue weighted by molar-refractivity contribution is 0.305. The first-order valence-corrected chi connectivity index (χ1v) is 7.05. The summed E-state index contributed by atoms with van der Waals surface area (Å²) in [5.74, 6) is 5.96. The van der Waals surface area contributed by atoms with Crippen LogP contribution in [0.3, 0.4) is 0 Å². The number of hydrogen-bond donors (Lipinski definition) is 2. The summed E-state index contributed by atoms with van der Waals surface area (Å²) in [7, 11) is 2.10. The molecule has 1 aromatic carbocycles. The van der Waals surface area contributed by atoms with Crippen LogP contribution in [0.15, 0.2) is 30.5 Å². The highest BCUT2D eigenvalue weighted by atomic mass is 16.2. The molecule has 0 unspecified atom stereocenters. The smallest absolute Gasteiger partial charge is 0.0540 e. The minimum atomic E-state index is 0.114. The number of H-pyrrole nitrogens is 1. The summed E-state index contributed by atoms with van der Waals surface area (Å²) in [5, 5.41) is 15.7. The fourth-order valence-electron chi connectivity index (χ4n) is 2.11. The second kappa shape index (κ2) is 7.63. The third-order valence-electron chi connectivity index (χ3n) is 3.25. The van der Waals surface area contributed by atoms with Crippen molar-refractivity contribution in [2.24, 2.45) is 0 Å². The van der Waals surface area contributed by atoms with Crippen molar-refractivity contribution in [3.05, 3.63) is 52.8 Å². The summed E-state index contributed by atoms with van der Waals surface area (Å²) in [6, 6.07) is 8.25. The van der Waals surface area contributed by atoms with Gasteiger partial charge in [0, 0.05) is 36.3 Å². The SMILES string of the molecule is Cc1[nH]ncc1CN(C)Cc1ccc(C#CCCO)cc1. The van der Waals surface area contributed by atoms with Gasteiger partial charge < -0.3 is 5.11 Å². The van der Waals surface area contributed by atoms with Crippen LogP contribution < -0.4 is 0 Å². The van der Waals surface area contributed by atoms with Gasteiger partial charge in [-0.25, -0.2) is 0 Å². The van der Waals surface area contributed by atoms with Crippen molar-refractivity contribution >= 4 is 0 Å². The molecule has 21 heavy (non-hydrogen) atoms. The minimum Gasteiger partial charge on any atom is -0.395 e. The van der Waals surface area contributed by atoms with Crippen LogP contribution >= 0.6 is 0 Å².